The third kappa shape index (κ3) is 4.11. The lowest BCUT2D eigenvalue weighted by atomic mass is 10.1. The maximum absolute atomic E-state index is 12.1. The zero-order valence-electron chi connectivity index (χ0n) is 17.7. The molecule has 3 N–H and O–H groups in total. The quantitative estimate of drug-likeness (QED) is 0.393. The highest BCUT2D eigenvalue weighted by Gasteiger charge is 2.28. The summed E-state index contributed by atoms with van der Waals surface area (Å²) in [6, 6.07) is 12.8. The fourth-order valence-electron chi connectivity index (χ4n) is 3.29. The highest BCUT2D eigenvalue weighted by Crippen LogP contribution is 2.35. The lowest BCUT2D eigenvalue weighted by Crippen LogP contribution is -2.19. The van der Waals surface area contributed by atoms with Crippen LogP contribution in [0.25, 0.3) is 0 Å². The highest BCUT2D eigenvalue weighted by molar-refractivity contribution is 6.22. The number of carbonyl (C=O) groups is 2. The van der Waals surface area contributed by atoms with Gasteiger partial charge in [0.05, 0.1) is 36.7 Å². The van der Waals surface area contributed by atoms with E-state index in [1.54, 1.807) is 36.4 Å². The van der Waals surface area contributed by atoms with Gasteiger partial charge in [0.2, 0.25) is 0 Å². The van der Waals surface area contributed by atoms with Gasteiger partial charge in [-0.2, -0.15) is 0 Å². The molecular weight excluding hydrogens is 426 g/mol. The number of nitrogens with zero attached hydrogens (tertiary/aromatic N) is 2. The Balaban J connectivity index is 1.79. The Morgan fingerprint density at radius 1 is 0.758 bits per heavy atom. The molecule has 3 aromatic rings. The van der Waals surface area contributed by atoms with Gasteiger partial charge >= 0.3 is 0 Å². The van der Waals surface area contributed by atoms with Crippen molar-refractivity contribution in [1.82, 2.24) is 5.32 Å². The van der Waals surface area contributed by atoms with Crippen LogP contribution in [-0.2, 0) is 0 Å². The number of rotatable bonds is 6. The molecule has 0 bridgehead atoms. The number of imide groups is 1. The van der Waals surface area contributed by atoms with E-state index in [4.69, 9.17) is 9.47 Å². The van der Waals surface area contributed by atoms with Gasteiger partial charge < -0.3 is 19.7 Å². The van der Waals surface area contributed by atoms with E-state index in [2.05, 4.69) is 15.3 Å². The van der Waals surface area contributed by atoms with Crippen LogP contribution in [0.15, 0.2) is 58.5 Å². The minimum atomic E-state index is -0.531. The number of phenolic OH excluding ortho intramolecular Hbond substituents is 2. The molecule has 0 fully saturated rings. The highest BCUT2D eigenvalue weighted by atomic mass is 16.5. The first-order chi connectivity index (χ1) is 15.9. The third-order valence-corrected chi connectivity index (χ3v) is 5.02. The van der Waals surface area contributed by atoms with Crippen molar-refractivity contribution in [3.63, 3.8) is 0 Å². The van der Waals surface area contributed by atoms with Gasteiger partial charge in [0, 0.05) is 23.6 Å². The summed E-state index contributed by atoms with van der Waals surface area (Å²) in [5.74, 6) is -0.684. The van der Waals surface area contributed by atoms with Gasteiger partial charge in [0.15, 0.2) is 23.0 Å². The van der Waals surface area contributed by atoms with E-state index >= 15 is 0 Å². The van der Waals surface area contributed by atoms with Gasteiger partial charge in [-0.15, -0.1) is 0 Å². The van der Waals surface area contributed by atoms with E-state index in [1.165, 1.54) is 38.8 Å². The standard InChI is InChI=1S/C24H19N3O6/c1-32-19-7-3-5-13(21(19)28)11-25-17-9-15-16(24(31)27-23(15)30)10-18(17)26-12-14-6-4-8-20(33-2)22(14)29/h3-12,28-29H,1-2H3,(H,27,30,31)/b25-11+,26-12+. The van der Waals surface area contributed by atoms with Crippen molar-refractivity contribution in [3.8, 4) is 23.0 Å². The number of nitrogens with one attached hydrogen (secondary N) is 1. The van der Waals surface area contributed by atoms with Crippen molar-refractivity contribution < 1.29 is 29.3 Å². The maximum atomic E-state index is 12.1. The monoisotopic (exact) mass is 445 g/mol. The number of carbonyl (C=O) groups excluding carboxylic acids is 2. The summed E-state index contributed by atoms with van der Waals surface area (Å²) in [5.41, 5.74) is 1.67. The number of benzene rings is 3. The second-order valence-corrected chi connectivity index (χ2v) is 6.98. The number of methoxy groups -OCH3 is 2. The lowest BCUT2D eigenvalue weighted by Gasteiger charge is -2.07. The Morgan fingerprint density at radius 2 is 1.18 bits per heavy atom. The normalized spacial score (nSPS) is 12.9. The molecule has 166 valence electrons. The first kappa shape index (κ1) is 21.6. The molecule has 0 saturated heterocycles. The average Bonchev–Trinajstić information content (AvgIpc) is 3.09. The first-order valence-electron chi connectivity index (χ1n) is 9.76. The van der Waals surface area contributed by atoms with E-state index in [9.17, 15) is 19.8 Å². The van der Waals surface area contributed by atoms with Gasteiger partial charge in [0.1, 0.15) is 0 Å². The van der Waals surface area contributed by atoms with Crippen LogP contribution in [0.3, 0.4) is 0 Å². The number of fused-ring (bicyclic) bond motifs is 1. The number of para-hydroxylation sites is 2. The van der Waals surface area contributed by atoms with Crippen LogP contribution in [0.4, 0.5) is 11.4 Å². The van der Waals surface area contributed by atoms with Crippen LogP contribution in [-0.4, -0.2) is 48.7 Å². The van der Waals surface area contributed by atoms with Crippen LogP contribution in [0.1, 0.15) is 31.8 Å². The fraction of sp³-hybridized carbons (Fsp3) is 0.0833. The van der Waals surface area contributed by atoms with Crippen LogP contribution in [0.5, 0.6) is 23.0 Å². The van der Waals surface area contributed by atoms with Gasteiger partial charge in [-0.25, -0.2) is 0 Å². The van der Waals surface area contributed by atoms with Gasteiger partial charge in [0.25, 0.3) is 11.8 Å². The maximum Gasteiger partial charge on any atom is 0.259 e. The Hall–Kier alpha value is -4.66. The second kappa shape index (κ2) is 8.83. The number of aliphatic imine (C=N–C) groups is 2. The van der Waals surface area contributed by atoms with Crippen LogP contribution in [0, 0.1) is 0 Å². The van der Waals surface area contributed by atoms with Crippen molar-refractivity contribution in [2.75, 3.05) is 14.2 Å². The summed E-state index contributed by atoms with van der Waals surface area (Å²) in [6.07, 6.45) is 2.80. The number of hydrogen-bond donors (Lipinski definition) is 3. The van der Waals surface area contributed by atoms with Gasteiger partial charge in [-0.3, -0.25) is 24.9 Å². The molecule has 9 nitrogen and oxygen atoms in total. The second-order valence-electron chi connectivity index (χ2n) is 6.98. The summed E-state index contributed by atoms with van der Waals surface area (Å²) in [6.45, 7) is 0. The molecule has 3 aromatic carbocycles. The smallest absolute Gasteiger partial charge is 0.259 e. The molecule has 2 amide bonds. The molecular formula is C24H19N3O6. The fourth-order valence-corrected chi connectivity index (χ4v) is 3.29. The topological polar surface area (TPSA) is 130 Å². The van der Waals surface area contributed by atoms with Crippen molar-refractivity contribution in [3.05, 3.63) is 70.8 Å². The van der Waals surface area contributed by atoms with Crippen molar-refractivity contribution in [2.45, 2.75) is 0 Å². The van der Waals surface area contributed by atoms with Crippen molar-refractivity contribution in [2.24, 2.45) is 9.98 Å². The Morgan fingerprint density at radius 3 is 1.58 bits per heavy atom. The third-order valence-electron chi connectivity index (χ3n) is 5.02. The van der Waals surface area contributed by atoms with Gasteiger partial charge in [-0.05, 0) is 36.4 Å². The zero-order valence-corrected chi connectivity index (χ0v) is 17.7. The van der Waals surface area contributed by atoms with Crippen molar-refractivity contribution in [1.29, 1.82) is 0 Å². The molecule has 0 aromatic heterocycles. The molecule has 1 aliphatic rings. The molecule has 1 aliphatic heterocycles. The largest absolute Gasteiger partial charge is 0.504 e. The predicted molar refractivity (Wildman–Crippen MR) is 122 cm³/mol. The molecule has 33 heavy (non-hydrogen) atoms. The molecule has 0 unspecified atom stereocenters. The van der Waals surface area contributed by atoms with Crippen LogP contribution in [0.2, 0.25) is 0 Å². The minimum Gasteiger partial charge on any atom is -0.504 e. The van der Waals surface area contributed by atoms with E-state index < -0.39 is 11.8 Å². The Kier molecular flexibility index (Phi) is 5.77. The SMILES string of the molecule is COc1cccc(/C=N/c2cc3c(cc2/N=C/c2cccc(OC)c2O)C(=O)NC3=O)c1O. The molecule has 1 heterocycles. The average molecular weight is 445 g/mol. The van der Waals surface area contributed by atoms with E-state index in [1.807, 2.05) is 0 Å². The summed E-state index contributed by atoms with van der Waals surface area (Å²) in [4.78, 5) is 33.0. The van der Waals surface area contributed by atoms with Gasteiger partial charge in [-0.1, -0.05) is 12.1 Å². The van der Waals surface area contributed by atoms with E-state index in [0.717, 1.165) is 0 Å². The Labute approximate surface area is 188 Å². The minimum absolute atomic E-state index is 0.0933. The Bertz CT molecular complexity index is 1230. The predicted octanol–water partition coefficient (Wildman–Crippen LogP) is 3.50. The molecule has 0 saturated carbocycles. The number of hydrogen-bond acceptors (Lipinski definition) is 8. The van der Waals surface area contributed by atoms with Crippen LogP contribution < -0.4 is 14.8 Å². The number of amides is 2. The molecule has 0 atom stereocenters. The molecule has 4 rings (SSSR count). The number of ether oxygens (including phenoxy) is 2. The molecule has 0 radical (unpaired) electrons. The van der Waals surface area contributed by atoms with E-state index in [0.29, 0.717) is 11.1 Å². The van der Waals surface area contributed by atoms with Crippen LogP contribution >= 0.6 is 0 Å². The number of phenols is 2. The summed E-state index contributed by atoms with van der Waals surface area (Å²) in [7, 11) is 2.87. The van der Waals surface area contributed by atoms with E-state index in [-0.39, 0.29) is 45.5 Å². The van der Waals surface area contributed by atoms with Crippen molar-refractivity contribution >= 4 is 35.6 Å². The first-order valence-corrected chi connectivity index (χ1v) is 9.76. The molecule has 0 spiro atoms. The zero-order chi connectivity index (χ0) is 23.5. The summed E-state index contributed by atoms with van der Waals surface area (Å²) < 4.78 is 10.2. The lowest BCUT2D eigenvalue weighted by molar-refractivity contribution is 0.0879. The number of aromatic hydroxyl groups is 2. The molecule has 0 aliphatic carbocycles. The summed E-state index contributed by atoms with van der Waals surface area (Å²) >= 11 is 0. The summed E-state index contributed by atoms with van der Waals surface area (Å²) in [5, 5.41) is 22.8. The molecule has 9 heteroatoms.